The summed E-state index contributed by atoms with van der Waals surface area (Å²) >= 11 is 0. The second kappa shape index (κ2) is 7.91. The van der Waals surface area contributed by atoms with Gasteiger partial charge in [-0.3, -0.25) is 0 Å². The average Bonchev–Trinajstić information content (AvgIpc) is 3.35. The van der Waals surface area contributed by atoms with Crippen molar-refractivity contribution in [2.24, 2.45) is 11.8 Å². The van der Waals surface area contributed by atoms with Crippen LogP contribution in [0.4, 0.5) is 0 Å². The van der Waals surface area contributed by atoms with Crippen molar-refractivity contribution in [2.45, 2.75) is 88.9 Å². The third kappa shape index (κ3) is 3.80. The van der Waals surface area contributed by atoms with Crippen LogP contribution >= 0.6 is 0 Å². The summed E-state index contributed by atoms with van der Waals surface area (Å²) in [6, 6.07) is 0. The number of ether oxygens (including phenoxy) is 2. The van der Waals surface area contributed by atoms with Crippen molar-refractivity contribution in [3.8, 4) is 0 Å². The standard InChI is InChI=1S/C18H30N4O2/c1-2-6-13(7-3-1)23-12-15-14(16-10-11-17(15)24-16)8-4-5-9-18-19-21-22-20-18/h13-17H,1-12H2,(H,19,20,21,22). The minimum absolute atomic E-state index is 0.460. The number of hydrogen-bond donors (Lipinski definition) is 1. The monoisotopic (exact) mass is 334 g/mol. The molecule has 1 aromatic rings. The van der Waals surface area contributed by atoms with Gasteiger partial charge in [0.05, 0.1) is 24.9 Å². The topological polar surface area (TPSA) is 72.9 Å². The number of nitrogens with one attached hydrogen (secondary N) is 1. The summed E-state index contributed by atoms with van der Waals surface area (Å²) in [4.78, 5) is 0. The molecule has 0 radical (unpaired) electrons. The Hall–Kier alpha value is -1.01. The molecule has 6 nitrogen and oxygen atoms in total. The Balaban J connectivity index is 1.23. The molecule has 134 valence electrons. The maximum absolute atomic E-state index is 6.30. The fraction of sp³-hybridized carbons (Fsp3) is 0.944. The fourth-order valence-corrected chi connectivity index (χ4v) is 4.94. The second-order valence-electron chi connectivity index (χ2n) is 7.81. The van der Waals surface area contributed by atoms with Crippen molar-refractivity contribution in [3.05, 3.63) is 5.82 Å². The Bertz CT molecular complexity index is 489. The van der Waals surface area contributed by atoms with Gasteiger partial charge in [0.2, 0.25) is 0 Å². The molecule has 2 aliphatic heterocycles. The lowest BCUT2D eigenvalue weighted by molar-refractivity contribution is -0.0138. The molecule has 4 rings (SSSR count). The first-order valence-corrected chi connectivity index (χ1v) is 9.90. The summed E-state index contributed by atoms with van der Waals surface area (Å²) in [6.45, 7) is 0.919. The van der Waals surface area contributed by atoms with E-state index in [1.54, 1.807) is 0 Å². The normalized spacial score (nSPS) is 33.3. The molecule has 4 atom stereocenters. The molecule has 3 heterocycles. The molecule has 1 N–H and O–H groups in total. The van der Waals surface area contributed by atoms with Gasteiger partial charge in [-0.15, -0.1) is 5.10 Å². The summed E-state index contributed by atoms with van der Waals surface area (Å²) < 4.78 is 12.5. The Morgan fingerprint density at radius 1 is 1.00 bits per heavy atom. The Labute approximate surface area is 144 Å². The Morgan fingerprint density at radius 2 is 1.83 bits per heavy atom. The molecule has 24 heavy (non-hydrogen) atoms. The lowest BCUT2D eigenvalue weighted by atomic mass is 9.77. The van der Waals surface area contributed by atoms with Crippen LogP contribution in [0.25, 0.3) is 0 Å². The van der Waals surface area contributed by atoms with Crippen LogP contribution in [0.2, 0.25) is 0 Å². The highest BCUT2D eigenvalue weighted by Crippen LogP contribution is 2.46. The van der Waals surface area contributed by atoms with Crippen LogP contribution in [0.3, 0.4) is 0 Å². The largest absolute Gasteiger partial charge is 0.378 e. The number of nitrogens with zero attached hydrogens (tertiary/aromatic N) is 3. The summed E-state index contributed by atoms with van der Waals surface area (Å²) in [5.74, 6) is 2.22. The van der Waals surface area contributed by atoms with Gasteiger partial charge in [-0.25, -0.2) is 5.10 Å². The molecule has 2 bridgehead atoms. The minimum Gasteiger partial charge on any atom is -0.378 e. The third-order valence-electron chi connectivity index (χ3n) is 6.26. The number of hydrogen-bond acceptors (Lipinski definition) is 5. The molecule has 4 unspecified atom stereocenters. The molecular formula is C18H30N4O2. The van der Waals surface area contributed by atoms with E-state index in [4.69, 9.17) is 9.47 Å². The smallest absolute Gasteiger partial charge is 0.148 e. The second-order valence-corrected chi connectivity index (χ2v) is 7.81. The van der Waals surface area contributed by atoms with E-state index in [9.17, 15) is 0 Å². The summed E-state index contributed by atoms with van der Waals surface area (Å²) in [5, 5.41) is 14.1. The van der Waals surface area contributed by atoms with Crippen LogP contribution in [0.5, 0.6) is 0 Å². The van der Waals surface area contributed by atoms with Gasteiger partial charge >= 0.3 is 0 Å². The number of aromatic nitrogens is 4. The molecule has 0 aromatic carbocycles. The van der Waals surface area contributed by atoms with Crippen LogP contribution in [0, 0.1) is 11.8 Å². The predicted octanol–water partition coefficient (Wildman–Crippen LogP) is 3.06. The number of aromatic amines is 1. The van der Waals surface area contributed by atoms with E-state index in [1.165, 1.54) is 57.8 Å². The van der Waals surface area contributed by atoms with Crippen molar-refractivity contribution < 1.29 is 9.47 Å². The van der Waals surface area contributed by atoms with Gasteiger partial charge in [0.15, 0.2) is 0 Å². The Morgan fingerprint density at radius 3 is 2.62 bits per heavy atom. The van der Waals surface area contributed by atoms with Crippen molar-refractivity contribution in [3.63, 3.8) is 0 Å². The van der Waals surface area contributed by atoms with Gasteiger partial charge < -0.3 is 9.47 Å². The first kappa shape index (κ1) is 16.5. The summed E-state index contributed by atoms with van der Waals surface area (Å²) in [7, 11) is 0. The first-order valence-electron chi connectivity index (χ1n) is 9.90. The van der Waals surface area contributed by atoms with Crippen molar-refractivity contribution in [2.75, 3.05) is 6.61 Å². The fourth-order valence-electron chi connectivity index (χ4n) is 4.94. The SMILES string of the molecule is C1CCC(OCC2C3CCC(O3)C2CCCCc2nnn[nH]2)CC1. The van der Waals surface area contributed by atoms with Crippen molar-refractivity contribution in [1.29, 1.82) is 0 Å². The first-order chi connectivity index (χ1) is 11.9. The summed E-state index contributed by atoms with van der Waals surface area (Å²) in [6.07, 6.45) is 15.1. The van der Waals surface area contributed by atoms with E-state index in [2.05, 4.69) is 20.6 Å². The average molecular weight is 334 g/mol. The van der Waals surface area contributed by atoms with Gasteiger partial charge in [0.1, 0.15) is 5.82 Å². The zero-order valence-electron chi connectivity index (χ0n) is 14.5. The Kier molecular flexibility index (Phi) is 5.43. The van der Waals surface area contributed by atoms with Crippen molar-refractivity contribution >= 4 is 0 Å². The minimum atomic E-state index is 0.460. The lowest BCUT2D eigenvalue weighted by Crippen LogP contribution is -2.32. The van der Waals surface area contributed by atoms with Crippen LogP contribution < -0.4 is 0 Å². The van der Waals surface area contributed by atoms with Gasteiger partial charge in [-0.05, 0) is 54.9 Å². The van der Waals surface area contributed by atoms with Gasteiger partial charge in [0.25, 0.3) is 0 Å². The molecular weight excluding hydrogens is 304 g/mol. The van der Waals surface area contributed by atoms with Crippen molar-refractivity contribution in [1.82, 2.24) is 20.6 Å². The highest BCUT2D eigenvalue weighted by Gasteiger charge is 2.48. The number of aryl methyl sites for hydroxylation is 1. The van der Waals surface area contributed by atoms with Crippen LogP contribution in [-0.4, -0.2) is 45.5 Å². The molecule has 3 fully saturated rings. The number of rotatable bonds is 8. The molecule has 1 aromatic heterocycles. The van der Waals surface area contributed by atoms with E-state index >= 15 is 0 Å². The molecule has 1 aliphatic carbocycles. The van der Waals surface area contributed by atoms with Crippen LogP contribution in [-0.2, 0) is 15.9 Å². The molecule has 6 heteroatoms. The molecule has 0 spiro atoms. The molecule has 1 saturated carbocycles. The maximum atomic E-state index is 6.30. The number of fused-ring (bicyclic) bond motifs is 2. The van der Waals surface area contributed by atoms with E-state index in [1.807, 2.05) is 0 Å². The van der Waals surface area contributed by atoms with Crippen LogP contribution in [0.15, 0.2) is 0 Å². The third-order valence-corrected chi connectivity index (χ3v) is 6.26. The lowest BCUT2D eigenvalue weighted by Gasteiger charge is -2.30. The van der Waals surface area contributed by atoms with Crippen LogP contribution in [0.1, 0.15) is 70.0 Å². The van der Waals surface area contributed by atoms with E-state index in [-0.39, 0.29) is 0 Å². The quantitative estimate of drug-likeness (QED) is 0.740. The van der Waals surface area contributed by atoms with E-state index in [0.29, 0.717) is 30.1 Å². The zero-order valence-corrected chi connectivity index (χ0v) is 14.5. The maximum Gasteiger partial charge on any atom is 0.148 e. The molecule has 0 amide bonds. The highest BCUT2D eigenvalue weighted by atomic mass is 16.5. The number of tetrazole rings is 1. The predicted molar refractivity (Wildman–Crippen MR) is 89.4 cm³/mol. The summed E-state index contributed by atoms with van der Waals surface area (Å²) in [5.41, 5.74) is 0. The van der Waals surface area contributed by atoms with E-state index < -0.39 is 0 Å². The molecule has 2 saturated heterocycles. The van der Waals surface area contributed by atoms with Gasteiger partial charge in [-0.1, -0.05) is 25.7 Å². The molecule has 3 aliphatic rings. The van der Waals surface area contributed by atoms with E-state index in [0.717, 1.165) is 25.3 Å². The number of unbranched alkanes of at least 4 members (excludes halogenated alkanes) is 1. The highest BCUT2D eigenvalue weighted by molar-refractivity contribution is 4.96. The zero-order chi connectivity index (χ0) is 16.2. The van der Waals surface area contributed by atoms with Gasteiger partial charge in [0, 0.05) is 12.3 Å². The van der Waals surface area contributed by atoms with Gasteiger partial charge in [-0.2, -0.15) is 0 Å². The number of H-pyrrole nitrogens is 1.